The van der Waals surface area contributed by atoms with Crippen molar-refractivity contribution in [3.63, 3.8) is 0 Å². The molecule has 4 saturated carbocycles. The Balaban J connectivity index is 1.23. The van der Waals surface area contributed by atoms with Crippen molar-refractivity contribution < 1.29 is 10.2 Å². The van der Waals surface area contributed by atoms with E-state index in [-0.39, 0.29) is 0 Å². The Kier molecular flexibility index (Phi) is 8.07. The lowest BCUT2D eigenvalue weighted by molar-refractivity contribution is 0.447. The molecular formula is C34H46O2S. The molecule has 0 atom stereocenters. The molecule has 0 aliphatic heterocycles. The van der Waals surface area contributed by atoms with Crippen molar-refractivity contribution in [3.05, 3.63) is 57.6 Å². The number of phenolic OH excluding ortho intramolecular Hbond substituents is 2. The van der Waals surface area contributed by atoms with Crippen LogP contribution in [0.4, 0.5) is 0 Å². The van der Waals surface area contributed by atoms with Crippen LogP contribution in [-0.2, 0) is 11.5 Å². The Morgan fingerprint density at radius 3 is 1.43 bits per heavy atom. The van der Waals surface area contributed by atoms with Gasteiger partial charge in [-0.3, -0.25) is 0 Å². The van der Waals surface area contributed by atoms with Gasteiger partial charge in [0.05, 0.1) is 0 Å². The number of hydrogen-bond acceptors (Lipinski definition) is 3. The second kappa shape index (κ2) is 11.6. The predicted octanol–water partition coefficient (Wildman–Crippen LogP) is 10.2. The highest BCUT2D eigenvalue weighted by molar-refractivity contribution is 7.97. The summed E-state index contributed by atoms with van der Waals surface area (Å²) in [6.07, 6.45) is 20.4. The number of benzene rings is 2. The number of hydrogen-bond donors (Lipinski definition) is 2. The first-order valence-electron chi connectivity index (χ1n) is 15.5. The topological polar surface area (TPSA) is 40.5 Å². The molecule has 3 heteroatoms. The average Bonchev–Trinajstić information content (AvgIpc) is 3.72. The second-order valence-corrected chi connectivity index (χ2v) is 13.6. The summed E-state index contributed by atoms with van der Waals surface area (Å²) in [5.74, 6) is 5.32. The summed E-state index contributed by atoms with van der Waals surface area (Å²) >= 11 is 1.94. The number of rotatable bonds is 8. The van der Waals surface area contributed by atoms with Crippen LogP contribution in [0.1, 0.15) is 160 Å². The fourth-order valence-corrected chi connectivity index (χ4v) is 9.04. The van der Waals surface area contributed by atoms with E-state index in [4.69, 9.17) is 0 Å². The van der Waals surface area contributed by atoms with Gasteiger partial charge in [0.25, 0.3) is 0 Å². The first-order valence-corrected chi connectivity index (χ1v) is 16.6. The SMILES string of the molecule is Oc1c(CSCc2cc(C3CCCC3)c(O)c(C3CCCC3)c2)cc(C2CCCC2)cc1C1CCCC1. The van der Waals surface area contributed by atoms with Gasteiger partial charge < -0.3 is 10.2 Å². The third-order valence-electron chi connectivity index (χ3n) is 10.2. The normalized spacial score (nSPS) is 22.1. The largest absolute Gasteiger partial charge is 0.507 e. The highest BCUT2D eigenvalue weighted by atomic mass is 32.2. The van der Waals surface area contributed by atoms with Crippen molar-refractivity contribution in [2.75, 3.05) is 0 Å². The maximum Gasteiger partial charge on any atom is 0.123 e. The molecule has 0 radical (unpaired) electrons. The van der Waals surface area contributed by atoms with Crippen LogP contribution in [0.5, 0.6) is 11.5 Å². The van der Waals surface area contributed by atoms with Crippen molar-refractivity contribution in [2.24, 2.45) is 0 Å². The van der Waals surface area contributed by atoms with Gasteiger partial charge in [0.15, 0.2) is 0 Å². The van der Waals surface area contributed by atoms with E-state index in [1.54, 1.807) is 0 Å². The van der Waals surface area contributed by atoms with Crippen LogP contribution < -0.4 is 0 Å². The zero-order chi connectivity index (χ0) is 25.2. The smallest absolute Gasteiger partial charge is 0.123 e. The van der Waals surface area contributed by atoms with E-state index in [0.29, 0.717) is 35.2 Å². The molecule has 4 aliphatic rings. The molecule has 0 unspecified atom stereocenters. The highest BCUT2D eigenvalue weighted by Gasteiger charge is 2.28. The summed E-state index contributed by atoms with van der Waals surface area (Å²) in [5.41, 5.74) is 7.72. The Morgan fingerprint density at radius 2 is 0.946 bits per heavy atom. The fourth-order valence-electron chi connectivity index (χ4n) is 8.10. The fraction of sp³-hybridized carbons (Fsp3) is 0.647. The van der Waals surface area contributed by atoms with E-state index in [2.05, 4.69) is 24.3 Å². The van der Waals surface area contributed by atoms with E-state index < -0.39 is 0 Å². The molecule has 0 bridgehead atoms. The zero-order valence-corrected chi connectivity index (χ0v) is 23.5. The van der Waals surface area contributed by atoms with Gasteiger partial charge in [-0.1, -0.05) is 75.6 Å². The molecule has 4 fully saturated rings. The van der Waals surface area contributed by atoms with Crippen LogP contribution in [0.3, 0.4) is 0 Å². The van der Waals surface area contributed by atoms with E-state index in [1.807, 2.05) is 11.8 Å². The molecule has 0 amide bonds. The molecule has 200 valence electrons. The molecule has 0 heterocycles. The first kappa shape index (κ1) is 25.7. The van der Waals surface area contributed by atoms with Gasteiger partial charge in [0.2, 0.25) is 0 Å². The lowest BCUT2D eigenvalue weighted by atomic mass is 9.87. The first-order chi connectivity index (χ1) is 18.2. The van der Waals surface area contributed by atoms with Crippen LogP contribution in [0, 0.1) is 0 Å². The van der Waals surface area contributed by atoms with Gasteiger partial charge in [0.1, 0.15) is 11.5 Å². The molecule has 0 aromatic heterocycles. The van der Waals surface area contributed by atoms with Gasteiger partial charge >= 0.3 is 0 Å². The molecule has 2 N–H and O–H groups in total. The van der Waals surface area contributed by atoms with Crippen LogP contribution in [0.2, 0.25) is 0 Å². The van der Waals surface area contributed by atoms with Crippen molar-refractivity contribution in [1.82, 2.24) is 0 Å². The monoisotopic (exact) mass is 518 g/mol. The summed E-state index contributed by atoms with van der Waals surface area (Å²) in [6.45, 7) is 0. The third-order valence-corrected chi connectivity index (χ3v) is 11.3. The van der Waals surface area contributed by atoms with Gasteiger partial charge in [-0.2, -0.15) is 11.8 Å². The van der Waals surface area contributed by atoms with Crippen LogP contribution in [0.15, 0.2) is 24.3 Å². The van der Waals surface area contributed by atoms with Crippen LogP contribution >= 0.6 is 11.8 Å². The summed E-state index contributed by atoms with van der Waals surface area (Å²) in [5, 5.41) is 22.7. The van der Waals surface area contributed by atoms with Gasteiger partial charge in [-0.25, -0.2) is 0 Å². The number of aromatic hydroxyl groups is 2. The number of thioether (sulfide) groups is 1. The zero-order valence-electron chi connectivity index (χ0n) is 22.6. The molecule has 2 aromatic rings. The van der Waals surface area contributed by atoms with E-state index >= 15 is 0 Å². The summed E-state index contributed by atoms with van der Waals surface area (Å²) in [6, 6.07) is 9.39. The molecule has 2 nitrogen and oxygen atoms in total. The lowest BCUT2D eigenvalue weighted by Gasteiger charge is -2.21. The summed E-state index contributed by atoms with van der Waals surface area (Å²) < 4.78 is 0. The lowest BCUT2D eigenvalue weighted by Crippen LogP contribution is -2.02. The van der Waals surface area contributed by atoms with Crippen molar-refractivity contribution in [3.8, 4) is 11.5 Å². The summed E-state index contributed by atoms with van der Waals surface area (Å²) in [4.78, 5) is 0. The third kappa shape index (κ3) is 5.58. The molecule has 6 rings (SSSR count). The Morgan fingerprint density at radius 1 is 0.514 bits per heavy atom. The van der Waals surface area contributed by atoms with E-state index in [9.17, 15) is 10.2 Å². The average molecular weight is 519 g/mol. The minimum atomic E-state index is 0.534. The standard InChI is InChI=1S/C34H46O2S/c35-33-29(19-28(24-9-1-2-10-24)20-32(33)27-15-7-8-16-27)22-37-21-23-17-30(25-11-3-4-12-25)34(36)31(18-23)26-13-5-6-14-26/h17-20,24-27,35-36H,1-16,21-22H2. The minimum absolute atomic E-state index is 0.534. The maximum atomic E-state index is 11.4. The molecule has 4 aliphatic carbocycles. The van der Waals surface area contributed by atoms with Crippen molar-refractivity contribution >= 4 is 11.8 Å². The van der Waals surface area contributed by atoms with Crippen LogP contribution in [-0.4, -0.2) is 10.2 Å². The van der Waals surface area contributed by atoms with Gasteiger partial charge in [-0.15, -0.1) is 0 Å². The second-order valence-electron chi connectivity index (χ2n) is 12.7. The minimum Gasteiger partial charge on any atom is -0.507 e. The maximum absolute atomic E-state index is 11.4. The Labute approximate surface area is 228 Å². The van der Waals surface area contributed by atoms with Gasteiger partial charge in [0, 0.05) is 17.1 Å². The van der Waals surface area contributed by atoms with Crippen molar-refractivity contribution in [1.29, 1.82) is 0 Å². The van der Waals surface area contributed by atoms with E-state index in [1.165, 1.54) is 131 Å². The highest BCUT2D eigenvalue weighted by Crippen LogP contribution is 2.47. The van der Waals surface area contributed by atoms with Crippen LogP contribution in [0.25, 0.3) is 0 Å². The Hall–Kier alpha value is -1.61. The molecule has 0 spiro atoms. The Bertz CT molecular complexity index is 1030. The molecule has 37 heavy (non-hydrogen) atoms. The quantitative estimate of drug-likeness (QED) is 0.365. The molecular weight excluding hydrogens is 472 g/mol. The predicted molar refractivity (Wildman–Crippen MR) is 156 cm³/mol. The summed E-state index contributed by atoms with van der Waals surface area (Å²) in [7, 11) is 0. The molecule has 0 saturated heterocycles. The van der Waals surface area contributed by atoms with E-state index in [0.717, 1.165) is 17.1 Å². The number of phenols is 2. The van der Waals surface area contributed by atoms with Crippen molar-refractivity contribution in [2.45, 2.75) is 138 Å². The van der Waals surface area contributed by atoms with Gasteiger partial charge in [-0.05, 0) is 103 Å². The molecule has 2 aromatic carbocycles.